The van der Waals surface area contributed by atoms with Gasteiger partial charge in [0.05, 0.1) is 18.9 Å². The maximum Gasteiger partial charge on any atom is 0.338 e. The minimum absolute atomic E-state index is 0.177. The molecule has 0 aliphatic heterocycles. The number of carbonyl (C=O) groups excluding carboxylic acids is 1. The Morgan fingerprint density at radius 3 is 2.85 bits per heavy atom. The molecule has 0 radical (unpaired) electrons. The van der Waals surface area contributed by atoms with Crippen molar-refractivity contribution in [2.75, 3.05) is 12.8 Å². The number of carbonyl (C=O) groups is 1. The lowest BCUT2D eigenvalue weighted by Crippen LogP contribution is -2.06. The standard InChI is InChI=1S/C14H17N3O3/c1-3-17-8-10(7-16-17)9-20-14(18)11-4-12(15)6-13(5-11)19-2/h4-8H,3,9,15H2,1-2H3. The van der Waals surface area contributed by atoms with Crippen LogP contribution in [0.15, 0.2) is 30.6 Å². The van der Waals surface area contributed by atoms with E-state index in [1.54, 1.807) is 29.1 Å². The van der Waals surface area contributed by atoms with E-state index in [-0.39, 0.29) is 6.61 Å². The maximum atomic E-state index is 12.0. The second kappa shape index (κ2) is 6.10. The smallest absolute Gasteiger partial charge is 0.338 e. The summed E-state index contributed by atoms with van der Waals surface area (Å²) in [5.74, 6) is 0.0793. The van der Waals surface area contributed by atoms with Gasteiger partial charge >= 0.3 is 5.97 Å². The van der Waals surface area contributed by atoms with E-state index in [2.05, 4.69) is 5.10 Å². The second-order valence-corrected chi connectivity index (χ2v) is 4.28. The summed E-state index contributed by atoms with van der Waals surface area (Å²) in [6.45, 7) is 2.94. The molecule has 1 aromatic carbocycles. The largest absolute Gasteiger partial charge is 0.497 e. The Morgan fingerprint density at radius 1 is 1.40 bits per heavy atom. The molecule has 6 heteroatoms. The normalized spacial score (nSPS) is 10.3. The van der Waals surface area contributed by atoms with E-state index in [4.69, 9.17) is 15.2 Å². The number of nitrogen functional groups attached to an aromatic ring is 1. The van der Waals surface area contributed by atoms with Crippen molar-refractivity contribution in [1.82, 2.24) is 9.78 Å². The van der Waals surface area contributed by atoms with Gasteiger partial charge in [-0.05, 0) is 19.1 Å². The van der Waals surface area contributed by atoms with Gasteiger partial charge in [-0.15, -0.1) is 0 Å². The second-order valence-electron chi connectivity index (χ2n) is 4.28. The van der Waals surface area contributed by atoms with Crippen molar-refractivity contribution in [2.24, 2.45) is 0 Å². The Kier molecular flexibility index (Phi) is 4.24. The summed E-state index contributed by atoms with van der Waals surface area (Å²) in [6, 6.07) is 4.79. The fraction of sp³-hybridized carbons (Fsp3) is 0.286. The molecule has 0 saturated heterocycles. The molecule has 0 bridgehead atoms. The summed E-state index contributed by atoms with van der Waals surface area (Å²) in [4.78, 5) is 12.0. The van der Waals surface area contributed by atoms with Crippen LogP contribution in [0.4, 0.5) is 5.69 Å². The predicted molar refractivity (Wildman–Crippen MR) is 74.4 cm³/mol. The van der Waals surface area contributed by atoms with Crippen LogP contribution in [0.1, 0.15) is 22.8 Å². The lowest BCUT2D eigenvalue weighted by atomic mass is 10.2. The molecule has 106 valence electrons. The zero-order chi connectivity index (χ0) is 14.5. The van der Waals surface area contributed by atoms with Crippen LogP contribution in [0.3, 0.4) is 0 Å². The third kappa shape index (κ3) is 3.28. The van der Waals surface area contributed by atoms with Crippen molar-refractivity contribution in [2.45, 2.75) is 20.1 Å². The highest BCUT2D eigenvalue weighted by molar-refractivity contribution is 5.91. The first-order chi connectivity index (χ1) is 9.62. The molecule has 0 unspecified atom stereocenters. The summed E-state index contributed by atoms with van der Waals surface area (Å²) in [7, 11) is 1.52. The Balaban J connectivity index is 2.02. The first-order valence-corrected chi connectivity index (χ1v) is 6.25. The van der Waals surface area contributed by atoms with Gasteiger partial charge < -0.3 is 15.2 Å². The van der Waals surface area contributed by atoms with E-state index in [0.29, 0.717) is 17.0 Å². The highest BCUT2D eigenvalue weighted by Gasteiger charge is 2.10. The van der Waals surface area contributed by atoms with Gasteiger partial charge in [-0.25, -0.2) is 4.79 Å². The van der Waals surface area contributed by atoms with Gasteiger partial charge in [0.25, 0.3) is 0 Å². The molecule has 0 amide bonds. The van der Waals surface area contributed by atoms with Crippen LogP contribution in [0, 0.1) is 0 Å². The zero-order valence-electron chi connectivity index (χ0n) is 11.5. The molecular weight excluding hydrogens is 258 g/mol. The average molecular weight is 275 g/mol. The van der Waals surface area contributed by atoms with Gasteiger partial charge in [0.2, 0.25) is 0 Å². The summed E-state index contributed by atoms with van der Waals surface area (Å²) < 4.78 is 12.1. The number of nitrogens with two attached hydrogens (primary N) is 1. The number of methoxy groups -OCH3 is 1. The number of hydrogen-bond acceptors (Lipinski definition) is 5. The van der Waals surface area contributed by atoms with Crippen LogP contribution in [-0.2, 0) is 17.9 Å². The molecule has 1 heterocycles. The van der Waals surface area contributed by atoms with Crippen LogP contribution in [-0.4, -0.2) is 22.9 Å². The van der Waals surface area contributed by atoms with E-state index in [0.717, 1.165) is 12.1 Å². The van der Waals surface area contributed by atoms with Crippen LogP contribution in [0.2, 0.25) is 0 Å². The number of hydrogen-bond donors (Lipinski definition) is 1. The highest BCUT2D eigenvalue weighted by Crippen LogP contribution is 2.19. The van der Waals surface area contributed by atoms with Crippen molar-refractivity contribution < 1.29 is 14.3 Å². The molecule has 0 atom stereocenters. The lowest BCUT2D eigenvalue weighted by Gasteiger charge is -2.06. The predicted octanol–water partition coefficient (Wildman–Crippen LogP) is 1.85. The van der Waals surface area contributed by atoms with Crippen molar-refractivity contribution >= 4 is 11.7 Å². The van der Waals surface area contributed by atoms with Crippen molar-refractivity contribution in [3.05, 3.63) is 41.7 Å². The molecule has 2 N–H and O–H groups in total. The Labute approximate surface area is 117 Å². The van der Waals surface area contributed by atoms with Crippen LogP contribution in [0.25, 0.3) is 0 Å². The molecule has 1 aromatic heterocycles. The number of benzene rings is 1. The monoisotopic (exact) mass is 275 g/mol. The van der Waals surface area contributed by atoms with Crippen molar-refractivity contribution in [3.8, 4) is 5.75 Å². The zero-order valence-corrected chi connectivity index (χ0v) is 11.5. The van der Waals surface area contributed by atoms with E-state index >= 15 is 0 Å². The topological polar surface area (TPSA) is 79.4 Å². The molecule has 20 heavy (non-hydrogen) atoms. The molecule has 6 nitrogen and oxygen atoms in total. The van der Waals surface area contributed by atoms with Gasteiger partial charge in [-0.1, -0.05) is 0 Å². The number of rotatable bonds is 5. The molecular formula is C14H17N3O3. The molecule has 0 spiro atoms. The number of ether oxygens (including phenoxy) is 2. The fourth-order valence-corrected chi connectivity index (χ4v) is 1.74. The Morgan fingerprint density at radius 2 is 2.20 bits per heavy atom. The summed E-state index contributed by atoms with van der Waals surface area (Å²) in [5.41, 5.74) is 7.36. The van der Waals surface area contributed by atoms with E-state index in [9.17, 15) is 4.79 Å². The number of esters is 1. The van der Waals surface area contributed by atoms with Gasteiger partial charge in [-0.2, -0.15) is 5.10 Å². The first kappa shape index (κ1) is 13.9. The summed E-state index contributed by atoms with van der Waals surface area (Å²) >= 11 is 0. The number of aromatic nitrogens is 2. The van der Waals surface area contributed by atoms with Gasteiger partial charge in [0.1, 0.15) is 12.4 Å². The van der Waals surface area contributed by atoms with Crippen LogP contribution >= 0.6 is 0 Å². The van der Waals surface area contributed by atoms with Gasteiger partial charge in [0, 0.05) is 30.1 Å². The first-order valence-electron chi connectivity index (χ1n) is 6.25. The van der Waals surface area contributed by atoms with Gasteiger partial charge in [0.15, 0.2) is 0 Å². The van der Waals surface area contributed by atoms with Crippen LogP contribution < -0.4 is 10.5 Å². The van der Waals surface area contributed by atoms with E-state index in [1.165, 1.54) is 7.11 Å². The summed E-state index contributed by atoms with van der Waals surface area (Å²) in [5, 5.41) is 4.11. The number of anilines is 1. The minimum atomic E-state index is -0.445. The molecule has 2 aromatic rings. The van der Waals surface area contributed by atoms with E-state index < -0.39 is 5.97 Å². The third-order valence-electron chi connectivity index (χ3n) is 2.78. The highest BCUT2D eigenvalue weighted by atomic mass is 16.5. The molecule has 2 rings (SSSR count). The average Bonchev–Trinajstić information content (AvgIpc) is 2.92. The summed E-state index contributed by atoms with van der Waals surface area (Å²) in [6.07, 6.45) is 3.52. The molecule has 0 aliphatic carbocycles. The Bertz CT molecular complexity index is 607. The molecule has 0 saturated carbocycles. The molecule has 0 aliphatic rings. The molecule has 0 fully saturated rings. The van der Waals surface area contributed by atoms with Crippen LogP contribution in [0.5, 0.6) is 5.75 Å². The lowest BCUT2D eigenvalue weighted by molar-refractivity contribution is 0.0472. The van der Waals surface area contributed by atoms with Crippen molar-refractivity contribution in [3.63, 3.8) is 0 Å². The maximum absolute atomic E-state index is 12.0. The third-order valence-corrected chi connectivity index (χ3v) is 2.78. The SMILES string of the molecule is CCn1cc(COC(=O)c2cc(N)cc(OC)c2)cn1. The van der Waals surface area contributed by atoms with Gasteiger partial charge in [-0.3, -0.25) is 4.68 Å². The number of aryl methyl sites for hydroxylation is 1. The quantitative estimate of drug-likeness (QED) is 0.665. The van der Waals surface area contributed by atoms with Crippen molar-refractivity contribution in [1.29, 1.82) is 0 Å². The number of nitrogens with zero attached hydrogens (tertiary/aromatic N) is 2. The Hall–Kier alpha value is -2.50. The van der Waals surface area contributed by atoms with E-state index in [1.807, 2.05) is 13.1 Å². The minimum Gasteiger partial charge on any atom is -0.497 e. The fourth-order valence-electron chi connectivity index (χ4n) is 1.74.